The summed E-state index contributed by atoms with van der Waals surface area (Å²) < 4.78 is 5.92. The van der Waals surface area contributed by atoms with Crippen molar-refractivity contribution in [3.8, 4) is 5.75 Å². The molecule has 1 aromatic carbocycles. The smallest absolute Gasteiger partial charge is 0.122 e. The number of unbranched alkanes of at least 4 members (excludes halogenated alkanes) is 1. The molecule has 0 unspecified atom stereocenters. The molecule has 2 nitrogen and oxygen atoms in total. The summed E-state index contributed by atoms with van der Waals surface area (Å²) in [6, 6.07) is 4.11. The van der Waals surface area contributed by atoms with Gasteiger partial charge in [-0.3, -0.25) is 0 Å². The number of hydrogen-bond donors (Lipinski definition) is 1. The van der Waals surface area contributed by atoms with Crippen molar-refractivity contribution >= 4 is 11.6 Å². The van der Waals surface area contributed by atoms with Gasteiger partial charge in [0.15, 0.2) is 0 Å². The van der Waals surface area contributed by atoms with Crippen molar-refractivity contribution in [2.45, 2.75) is 53.4 Å². The van der Waals surface area contributed by atoms with Gasteiger partial charge in [-0.15, -0.1) is 0 Å². The van der Waals surface area contributed by atoms with Crippen LogP contribution in [-0.4, -0.2) is 19.7 Å². The van der Waals surface area contributed by atoms with Gasteiger partial charge in [0.05, 0.1) is 6.61 Å². The third-order valence-electron chi connectivity index (χ3n) is 3.47. The highest BCUT2D eigenvalue weighted by Crippen LogP contribution is 2.31. The van der Waals surface area contributed by atoms with Crippen LogP contribution in [0.3, 0.4) is 0 Å². The molecule has 0 spiro atoms. The molecule has 1 N–H and O–H groups in total. The van der Waals surface area contributed by atoms with Gasteiger partial charge >= 0.3 is 0 Å². The van der Waals surface area contributed by atoms with E-state index in [0.717, 1.165) is 54.4 Å². The van der Waals surface area contributed by atoms with E-state index in [2.05, 4.69) is 46.0 Å². The van der Waals surface area contributed by atoms with E-state index in [1.54, 1.807) is 0 Å². The summed E-state index contributed by atoms with van der Waals surface area (Å²) in [5.74, 6) is 2.10. The van der Waals surface area contributed by atoms with Crippen molar-refractivity contribution in [2.75, 3.05) is 19.7 Å². The maximum Gasteiger partial charge on any atom is 0.122 e. The number of nitrogens with one attached hydrogen (secondary N) is 1. The molecule has 21 heavy (non-hydrogen) atoms. The molecule has 3 heteroatoms. The Morgan fingerprint density at radius 2 is 1.86 bits per heavy atom. The second-order valence-electron chi connectivity index (χ2n) is 6.45. The van der Waals surface area contributed by atoms with Crippen LogP contribution in [0.15, 0.2) is 12.1 Å². The summed E-state index contributed by atoms with van der Waals surface area (Å²) in [6.45, 7) is 13.7. The van der Waals surface area contributed by atoms with E-state index < -0.39 is 0 Å². The fraction of sp³-hybridized carbons (Fsp3) is 0.667. The molecule has 0 radical (unpaired) electrons. The van der Waals surface area contributed by atoms with E-state index in [0.29, 0.717) is 11.8 Å². The highest BCUT2D eigenvalue weighted by atomic mass is 35.5. The fourth-order valence-corrected chi connectivity index (χ4v) is 2.63. The molecule has 0 bridgehead atoms. The molecule has 0 atom stereocenters. The van der Waals surface area contributed by atoms with E-state index in [9.17, 15) is 0 Å². The average Bonchev–Trinajstić information content (AvgIpc) is 2.38. The number of hydrogen-bond acceptors (Lipinski definition) is 2. The highest BCUT2D eigenvalue weighted by Gasteiger charge is 2.10. The summed E-state index contributed by atoms with van der Waals surface area (Å²) in [6.07, 6.45) is 2.22. The average molecular weight is 312 g/mol. The first-order valence-electron chi connectivity index (χ1n) is 8.05. The van der Waals surface area contributed by atoms with E-state index >= 15 is 0 Å². The monoisotopic (exact) mass is 311 g/mol. The van der Waals surface area contributed by atoms with Crippen molar-refractivity contribution in [3.63, 3.8) is 0 Å². The third-order valence-corrected chi connectivity index (χ3v) is 3.80. The maximum absolute atomic E-state index is 6.28. The summed E-state index contributed by atoms with van der Waals surface area (Å²) in [5, 5.41) is 4.29. The zero-order chi connectivity index (χ0) is 15.8. The van der Waals surface area contributed by atoms with Gasteiger partial charge in [-0.25, -0.2) is 0 Å². The number of aryl methyl sites for hydroxylation is 1. The Morgan fingerprint density at radius 1 is 1.14 bits per heavy atom. The van der Waals surface area contributed by atoms with Crippen molar-refractivity contribution < 1.29 is 4.74 Å². The van der Waals surface area contributed by atoms with Crippen LogP contribution >= 0.6 is 11.6 Å². The zero-order valence-corrected chi connectivity index (χ0v) is 14.9. The quantitative estimate of drug-likeness (QED) is 0.635. The molecular weight excluding hydrogens is 282 g/mol. The lowest BCUT2D eigenvalue weighted by molar-refractivity contribution is 0.303. The first kappa shape index (κ1) is 18.3. The number of rotatable bonds is 9. The second-order valence-corrected chi connectivity index (χ2v) is 6.85. The molecule has 1 aromatic rings. The standard InChI is InChI=1S/C18H30ClNO/c1-13(2)12-20-8-6-7-9-21-18-11-16(14(3)4)17(19)10-15(18)5/h10-11,13-14,20H,6-9,12H2,1-5H3. The topological polar surface area (TPSA) is 21.3 Å². The summed E-state index contributed by atoms with van der Waals surface area (Å²) in [7, 11) is 0. The summed E-state index contributed by atoms with van der Waals surface area (Å²) in [5.41, 5.74) is 2.28. The van der Waals surface area contributed by atoms with Crippen molar-refractivity contribution in [2.24, 2.45) is 5.92 Å². The molecular formula is C18H30ClNO. The van der Waals surface area contributed by atoms with Crippen molar-refractivity contribution in [1.82, 2.24) is 5.32 Å². The molecule has 1 rings (SSSR count). The second kappa shape index (κ2) is 9.32. The predicted molar refractivity (Wildman–Crippen MR) is 92.7 cm³/mol. The van der Waals surface area contributed by atoms with Crippen LogP contribution in [0.25, 0.3) is 0 Å². The Labute approximate surface area is 135 Å². The lowest BCUT2D eigenvalue weighted by Gasteiger charge is -2.15. The predicted octanol–water partition coefficient (Wildman–Crippen LogP) is 5.18. The number of benzene rings is 1. The maximum atomic E-state index is 6.28. The number of ether oxygens (including phenoxy) is 1. The Morgan fingerprint density at radius 3 is 2.48 bits per heavy atom. The summed E-state index contributed by atoms with van der Waals surface area (Å²) >= 11 is 6.28. The minimum atomic E-state index is 0.417. The minimum absolute atomic E-state index is 0.417. The third kappa shape index (κ3) is 6.71. The first-order valence-corrected chi connectivity index (χ1v) is 8.43. The largest absolute Gasteiger partial charge is 0.493 e. The summed E-state index contributed by atoms with van der Waals surface area (Å²) in [4.78, 5) is 0. The van der Waals surface area contributed by atoms with Crippen LogP contribution in [-0.2, 0) is 0 Å². The van der Waals surface area contributed by atoms with Gasteiger partial charge < -0.3 is 10.1 Å². The minimum Gasteiger partial charge on any atom is -0.493 e. The zero-order valence-electron chi connectivity index (χ0n) is 14.1. The van der Waals surface area contributed by atoms with Gasteiger partial charge in [0.1, 0.15) is 5.75 Å². The van der Waals surface area contributed by atoms with Crippen LogP contribution in [0.2, 0.25) is 5.02 Å². The molecule has 0 saturated heterocycles. The Hall–Kier alpha value is -0.730. The molecule has 0 amide bonds. The number of halogens is 1. The lowest BCUT2D eigenvalue weighted by Crippen LogP contribution is -2.21. The van der Waals surface area contributed by atoms with Gasteiger partial charge in [0.25, 0.3) is 0 Å². The van der Waals surface area contributed by atoms with Crippen molar-refractivity contribution in [1.29, 1.82) is 0 Å². The molecule has 0 aliphatic carbocycles. The molecule has 0 heterocycles. The van der Waals surface area contributed by atoms with E-state index in [1.165, 1.54) is 0 Å². The normalized spacial score (nSPS) is 11.4. The first-order chi connectivity index (χ1) is 9.91. The molecule has 120 valence electrons. The van der Waals surface area contributed by atoms with E-state index in [1.807, 2.05) is 6.07 Å². The van der Waals surface area contributed by atoms with Crippen LogP contribution in [0.4, 0.5) is 0 Å². The SMILES string of the molecule is Cc1cc(Cl)c(C(C)C)cc1OCCCCNCC(C)C. The van der Waals surface area contributed by atoms with Gasteiger partial charge in [0.2, 0.25) is 0 Å². The fourth-order valence-electron chi connectivity index (χ4n) is 2.19. The van der Waals surface area contributed by atoms with Crippen LogP contribution in [0, 0.1) is 12.8 Å². The highest BCUT2D eigenvalue weighted by molar-refractivity contribution is 6.31. The van der Waals surface area contributed by atoms with Crippen molar-refractivity contribution in [3.05, 3.63) is 28.3 Å². The lowest BCUT2D eigenvalue weighted by atomic mass is 10.0. The molecule has 0 aromatic heterocycles. The van der Waals surface area contributed by atoms with E-state index in [4.69, 9.17) is 16.3 Å². The molecule has 0 aliphatic rings. The Balaban J connectivity index is 2.37. The Bertz CT molecular complexity index is 429. The Kier molecular flexibility index (Phi) is 8.13. The molecule has 0 fully saturated rings. The molecule has 0 aliphatic heterocycles. The molecule has 0 saturated carbocycles. The van der Waals surface area contributed by atoms with Crippen LogP contribution < -0.4 is 10.1 Å². The van der Waals surface area contributed by atoms with E-state index in [-0.39, 0.29) is 0 Å². The van der Waals surface area contributed by atoms with Crippen LogP contribution in [0.1, 0.15) is 57.6 Å². The van der Waals surface area contributed by atoms with Gasteiger partial charge in [0, 0.05) is 5.02 Å². The van der Waals surface area contributed by atoms with Gasteiger partial charge in [-0.05, 0) is 68.0 Å². The van der Waals surface area contributed by atoms with Gasteiger partial charge in [-0.1, -0.05) is 39.3 Å². The van der Waals surface area contributed by atoms with Crippen LogP contribution in [0.5, 0.6) is 5.75 Å². The van der Waals surface area contributed by atoms with Gasteiger partial charge in [-0.2, -0.15) is 0 Å².